The number of hydrogen-bond donors (Lipinski definition) is 2. The SMILES string of the molecule is COc1cc(/C=N/O)cc(I)c1OCC(=O)Nc1ccc(Cl)c(Cl)c1. The molecule has 2 rings (SSSR count). The Bertz CT molecular complexity index is 815. The number of ether oxygens (including phenoxy) is 2. The number of carbonyl (C=O) groups is 1. The maximum absolute atomic E-state index is 12.1. The van der Waals surface area contributed by atoms with Gasteiger partial charge in [-0.3, -0.25) is 4.79 Å². The predicted molar refractivity (Wildman–Crippen MR) is 106 cm³/mol. The molecule has 0 saturated heterocycles. The fraction of sp³-hybridized carbons (Fsp3) is 0.125. The van der Waals surface area contributed by atoms with Crippen molar-refractivity contribution in [2.75, 3.05) is 19.0 Å². The van der Waals surface area contributed by atoms with E-state index in [1.807, 2.05) is 22.6 Å². The Balaban J connectivity index is 2.07. The van der Waals surface area contributed by atoms with E-state index in [-0.39, 0.29) is 12.5 Å². The number of carbonyl (C=O) groups excluding carboxylic acids is 1. The van der Waals surface area contributed by atoms with Gasteiger partial charge in [-0.25, -0.2) is 0 Å². The summed E-state index contributed by atoms with van der Waals surface area (Å²) in [5.41, 5.74) is 1.15. The summed E-state index contributed by atoms with van der Waals surface area (Å²) in [4.78, 5) is 12.1. The van der Waals surface area contributed by atoms with Crippen molar-refractivity contribution < 1.29 is 19.5 Å². The monoisotopic (exact) mass is 494 g/mol. The highest BCUT2D eigenvalue weighted by atomic mass is 127. The Hall–Kier alpha value is -1.71. The van der Waals surface area contributed by atoms with Crippen LogP contribution in [0.2, 0.25) is 10.0 Å². The van der Waals surface area contributed by atoms with Gasteiger partial charge < -0.3 is 20.0 Å². The highest BCUT2D eigenvalue weighted by molar-refractivity contribution is 14.1. The molecule has 0 aliphatic carbocycles. The minimum Gasteiger partial charge on any atom is -0.493 e. The van der Waals surface area contributed by atoms with Crippen molar-refractivity contribution in [3.8, 4) is 11.5 Å². The van der Waals surface area contributed by atoms with Gasteiger partial charge in [0.25, 0.3) is 5.91 Å². The van der Waals surface area contributed by atoms with Gasteiger partial charge in [-0.1, -0.05) is 28.4 Å². The zero-order chi connectivity index (χ0) is 18.4. The molecule has 6 nitrogen and oxygen atoms in total. The maximum Gasteiger partial charge on any atom is 0.262 e. The standard InChI is InChI=1S/C16H13Cl2IN2O4/c1-24-14-5-9(7-20-23)4-13(19)16(14)25-8-15(22)21-10-2-3-11(17)12(18)6-10/h2-7,23H,8H2,1H3,(H,21,22)/b20-7+. The molecule has 0 atom stereocenters. The maximum atomic E-state index is 12.1. The molecular formula is C16H13Cl2IN2O4. The molecule has 0 fully saturated rings. The van der Waals surface area contributed by atoms with Crippen LogP contribution in [0.4, 0.5) is 5.69 Å². The molecule has 0 aliphatic heterocycles. The molecule has 132 valence electrons. The first-order valence-corrected chi connectivity index (χ1v) is 8.70. The summed E-state index contributed by atoms with van der Waals surface area (Å²) in [6.45, 7) is -0.222. The van der Waals surface area contributed by atoms with Crippen LogP contribution in [-0.2, 0) is 4.79 Å². The fourth-order valence-corrected chi connectivity index (χ4v) is 3.01. The van der Waals surface area contributed by atoms with E-state index in [1.54, 1.807) is 30.3 Å². The van der Waals surface area contributed by atoms with Crippen LogP contribution in [0.15, 0.2) is 35.5 Å². The fourth-order valence-electron chi connectivity index (χ4n) is 1.93. The number of methoxy groups -OCH3 is 1. The summed E-state index contributed by atoms with van der Waals surface area (Å²) < 4.78 is 11.5. The Kier molecular flexibility index (Phi) is 7.15. The summed E-state index contributed by atoms with van der Waals surface area (Å²) >= 11 is 13.8. The molecule has 0 spiro atoms. The summed E-state index contributed by atoms with van der Waals surface area (Å²) in [6.07, 6.45) is 1.27. The lowest BCUT2D eigenvalue weighted by Gasteiger charge is -2.13. The lowest BCUT2D eigenvalue weighted by Crippen LogP contribution is -2.20. The second-order valence-corrected chi connectivity index (χ2v) is 6.72. The molecular weight excluding hydrogens is 482 g/mol. The molecule has 0 radical (unpaired) electrons. The summed E-state index contributed by atoms with van der Waals surface area (Å²) in [6, 6.07) is 8.14. The van der Waals surface area contributed by atoms with Crippen LogP contribution in [0.1, 0.15) is 5.56 Å². The Morgan fingerprint density at radius 1 is 1.32 bits per heavy atom. The lowest BCUT2D eigenvalue weighted by molar-refractivity contribution is -0.118. The Morgan fingerprint density at radius 2 is 2.08 bits per heavy atom. The van der Waals surface area contributed by atoms with Gasteiger partial charge >= 0.3 is 0 Å². The second-order valence-electron chi connectivity index (χ2n) is 4.74. The number of amides is 1. The molecule has 0 aromatic heterocycles. The number of hydrogen-bond acceptors (Lipinski definition) is 5. The molecule has 2 aromatic carbocycles. The zero-order valence-electron chi connectivity index (χ0n) is 12.9. The highest BCUT2D eigenvalue weighted by Crippen LogP contribution is 2.33. The minimum absolute atomic E-state index is 0.222. The van der Waals surface area contributed by atoms with Crippen LogP contribution in [0.3, 0.4) is 0 Å². The number of halogens is 3. The smallest absolute Gasteiger partial charge is 0.262 e. The molecule has 25 heavy (non-hydrogen) atoms. The molecule has 0 unspecified atom stereocenters. The number of nitrogens with one attached hydrogen (secondary N) is 1. The van der Waals surface area contributed by atoms with Gasteiger partial charge in [0.15, 0.2) is 18.1 Å². The van der Waals surface area contributed by atoms with Gasteiger partial charge in [-0.2, -0.15) is 0 Å². The number of benzene rings is 2. The van der Waals surface area contributed by atoms with E-state index in [1.165, 1.54) is 13.3 Å². The molecule has 0 bridgehead atoms. The predicted octanol–water partition coefficient (Wildman–Crippen LogP) is 4.43. The number of rotatable bonds is 6. The van der Waals surface area contributed by atoms with Crippen molar-refractivity contribution in [3.63, 3.8) is 0 Å². The van der Waals surface area contributed by atoms with Gasteiger partial charge in [0.1, 0.15) is 0 Å². The third-order valence-corrected chi connectivity index (χ3v) is 4.55. The largest absolute Gasteiger partial charge is 0.493 e. The van der Waals surface area contributed by atoms with Crippen molar-refractivity contribution >= 4 is 63.6 Å². The van der Waals surface area contributed by atoms with Crippen molar-refractivity contribution in [2.45, 2.75) is 0 Å². The highest BCUT2D eigenvalue weighted by Gasteiger charge is 2.13. The van der Waals surface area contributed by atoms with Crippen LogP contribution in [0.5, 0.6) is 11.5 Å². The molecule has 1 amide bonds. The number of nitrogens with zero attached hydrogens (tertiary/aromatic N) is 1. The van der Waals surface area contributed by atoms with Crippen LogP contribution in [0, 0.1) is 3.57 Å². The number of anilines is 1. The van der Waals surface area contributed by atoms with E-state index in [4.69, 9.17) is 37.9 Å². The summed E-state index contributed by atoms with van der Waals surface area (Å²) in [5, 5.41) is 15.0. The van der Waals surface area contributed by atoms with E-state index >= 15 is 0 Å². The molecule has 0 saturated carbocycles. The normalized spacial score (nSPS) is 10.7. The van der Waals surface area contributed by atoms with Gasteiger partial charge in [-0.15, -0.1) is 0 Å². The Morgan fingerprint density at radius 3 is 2.72 bits per heavy atom. The third-order valence-electron chi connectivity index (χ3n) is 3.01. The van der Waals surface area contributed by atoms with Crippen molar-refractivity contribution in [1.82, 2.24) is 0 Å². The summed E-state index contributed by atoms with van der Waals surface area (Å²) in [5.74, 6) is 0.476. The quantitative estimate of drug-likeness (QED) is 0.269. The van der Waals surface area contributed by atoms with Crippen molar-refractivity contribution in [2.24, 2.45) is 5.16 Å². The topological polar surface area (TPSA) is 80.2 Å². The summed E-state index contributed by atoms with van der Waals surface area (Å²) in [7, 11) is 1.48. The first-order valence-electron chi connectivity index (χ1n) is 6.87. The van der Waals surface area contributed by atoms with Crippen LogP contribution >= 0.6 is 45.8 Å². The molecule has 2 aromatic rings. The van der Waals surface area contributed by atoms with E-state index in [0.717, 1.165) is 0 Å². The average Bonchev–Trinajstić information content (AvgIpc) is 2.57. The minimum atomic E-state index is -0.364. The number of oxime groups is 1. The van der Waals surface area contributed by atoms with Crippen molar-refractivity contribution in [3.05, 3.63) is 49.5 Å². The van der Waals surface area contributed by atoms with Crippen LogP contribution in [0.25, 0.3) is 0 Å². The van der Waals surface area contributed by atoms with Gasteiger partial charge in [0.05, 0.1) is 26.9 Å². The Labute approximate surface area is 167 Å². The average molecular weight is 495 g/mol. The van der Waals surface area contributed by atoms with E-state index in [2.05, 4.69) is 10.5 Å². The van der Waals surface area contributed by atoms with E-state index < -0.39 is 0 Å². The van der Waals surface area contributed by atoms with Gasteiger partial charge in [-0.05, 0) is 52.9 Å². The molecule has 2 N–H and O–H groups in total. The lowest BCUT2D eigenvalue weighted by atomic mass is 10.2. The van der Waals surface area contributed by atoms with Crippen LogP contribution < -0.4 is 14.8 Å². The van der Waals surface area contributed by atoms with Crippen molar-refractivity contribution in [1.29, 1.82) is 0 Å². The first-order chi connectivity index (χ1) is 11.9. The van der Waals surface area contributed by atoms with Gasteiger partial charge in [0, 0.05) is 11.3 Å². The van der Waals surface area contributed by atoms with E-state index in [0.29, 0.717) is 36.4 Å². The molecule has 9 heteroatoms. The second kappa shape index (κ2) is 9.12. The first kappa shape index (κ1) is 19.6. The van der Waals surface area contributed by atoms with Gasteiger partial charge in [0.2, 0.25) is 0 Å². The van der Waals surface area contributed by atoms with Crippen LogP contribution in [-0.4, -0.2) is 31.0 Å². The molecule has 0 heterocycles. The van der Waals surface area contributed by atoms with E-state index in [9.17, 15) is 4.79 Å². The third kappa shape index (κ3) is 5.38. The zero-order valence-corrected chi connectivity index (χ0v) is 16.6. The molecule has 0 aliphatic rings.